The minimum Gasteiger partial charge on any atom is -0.481 e. The SMILES string of the molecule is CCCc1cc(NCC(CC(C)(C)C)C(=O)O)ncn1. The molecule has 1 rings (SSSR count). The number of rotatable bonds is 7. The molecule has 0 amide bonds. The number of nitrogens with zero attached hydrogens (tertiary/aromatic N) is 2. The summed E-state index contributed by atoms with van der Waals surface area (Å²) in [6.45, 7) is 8.63. The van der Waals surface area contributed by atoms with Crippen molar-refractivity contribution in [2.75, 3.05) is 11.9 Å². The molecular weight excluding hydrogens is 254 g/mol. The van der Waals surface area contributed by atoms with Crippen molar-refractivity contribution in [3.63, 3.8) is 0 Å². The number of carbonyl (C=O) groups is 1. The molecular formula is C15H25N3O2. The van der Waals surface area contributed by atoms with E-state index in [4.69, 9.17) is 0 Å². The van der Waals surface area contributed by atoms with E-state index in [1.807, 2.05) is 26.8 Å². The van der Waals surface area contributed by atoms with Crippen LogP contribution in [0, 0.1) is 11.3 Å². The van der Waals surface area contributed by atoms with Gasteiger partial charge in [-0.3, -0.25) is 4.79 Å². The Balaban J connectivity index is 2.63. The number of hydrogen-bond acceptors (Lipinski definition) is 4. The lowest BCUT2D eigenvalue weighted by molar-refractivity contribution is -0.142. The van der Waals surface area contributed by atoms with Gasteiger partial charge in [-0.05, 0) is 18.3 Å². The predicted octanol–water partition coefficient (Wildman–Crippen LogP) is 2.98. The van der Waals surface area contributed by atoms with Crippen molar-refractivity contribution < 1.29 is 9.90 Å². The zero-order chi connectivity index (χ0) is 15.2. The molecule has 0 aliphatic heterocycles. The zero-order valence-corrected chi connectivity index (χ0v) is 12.8. The maximum Gasteiger partial charge on any atom is 0.308 e. The molecule has 0 aliphatic carbocycles. The number of aryl methyl sites for hydroxylation is 1. The summed E-state index contributed by atoms with van der Waals surface area (Å²) < 4.78 is 0. The molecule has 0 fully saturated rings. The highest BCUT2D eigenvalue weighted by Gasteiger charge is 2.24. The normalized spacial score (nSPS) is 13.0. The predicted molar refractivity (Wildman–Crippen MR) is 79.7 cm³/mol. The van der Waals surface area contributed by atoms with Crippen LogP contribution in [0.4, 0.5) is 5.82 Å². The maximum absolute atomic E-state index is 11.3. The summed E-state index contributed by atoms with van der Waals surface area (Å²) in [5, 5.41) is 12.4. The Kier molecular flexibility index (Phi) is 5.92. The van der Waals surface area contributed by atoms with Crippen LogP contribution in [-0.2, 0) is 11.2 Å². The third-order valence-corrected chi connectivity index (χ3v) is 2.97. The monoisotopic (exact) mass is 279 g/mol. The summed E-state index contributed by atoms with van der Waals surface area (Å²) in [5.74, 6) is -0.488. The lowest BCUT2D eigenvalue weighted by Gasteiger charge is -2.23. The van der Waals surface area contributed by atoms with E-state index in [0.29, 0.717) is 18.8 Å². The van der Waals surface area contributed by atoms with Gasteiger partial charge in [0.05, 0.1) is 5.92 Å². The van der Waals surface area contributed by atoms with Crippen LogP contribution in [0.3, 0.4) is 0 Å². The molecule has 0 aliphatic rings. The van der Waals surface area contributed by atoms with Crippen molar-refractivity contribution >= 4 is 11.8 Å². The number of nitrogens with one attached hydrogen (secondary N) is 1. The Bertz CT molecular complexity index is 441. The zero-order valence-electron chi connectivity index (χ0n) is 12.8. The highest BCUT2D eigenvalue weighted by Crippen LogP contribution is 2.24. The van der Waals surface area contributed by atoms with Crippen molar-refractivity contribution in [1.82, 2.24) is 9.97 Å². The molecule has 1 heterocycles. The first-order valence-corrected chi connectivity index (χ1v) is 7.09. The van der Waals surface area contributed by atoms with Gasteiger partial charge in [0.15, 0.2) is 0 Å². The van der Waals surface area contributed by atoms with Gasteiger partial charge in [0.2, 0.25) is 0 Å². The first-order chi connectivity index (χ1) is 9.31. The average molecular weight is 279 g/mol. The van der Waals surface area contributed by atoms with Gasteiger partial charge in [0.25, 0.3) is 0 Å². The summed E-state index contributed by atoms with van der Waals surface area (Å²) in [6, 6.07) is 1.89. The van der Waals surface area contributed by atoms with Gasteiger partial charge in [-0.1, -0.05) is 34.1 Å². The van der Waals surface area contributed by atoms with Crippen LogP contribution in [0.5, 0.6) is 0 Å². The molecule has 0 saturated carbocycles. The molecule has 1 unspecified atom stereocenters. The number of aliphatic carboxylic acids is 1. The van der Waals surface area contributed by atoms with E-state index in [2.05, 4.69) is 22.2 Å². The molecule has 5 heteroatoms. The number of anilines is 1. The molecule has 20 heavy (non-hydrogen) atoms. The molecule has 1 aromatic heterocycles. The maximum atomic E-state index is 11.3. The summed E-state index contributed by atoms with van der Waals surface area (Å²) >= 11 is 0. The fraction of sp³-hybridized carbons (Fsp3) is 0.667. The third kappa shape index (κ3) is 5.99. The van der Waals surface area contributed by atoms with Crippen LogP contribution in [0.1, 0.15) is 46.2 Å². The van der Waals surface area contributed by atoms with Crippen molar-refractivity contribution in [2.45, 2.75) is 47.0 Å². The summed E-state index contributed by atoms with van der Waals surface area (Å²) in [4.78, 5) is 19.6. The van der Waals surface area contributed by atoms with E-state index >= 15 is 0 Å². The average Bonchev–Trinajstić information content (AvgIpc) is 2.34. The molecule has 0 bridgehead atoms. The lowest BCUT2D eigenvalue weighted by atomic mass is 9.84. The van der Waals surface area contributed by atoms with E-state index in [1.54, 1.807) is 0 Å². The van der Waals surface area contributed by atoms with E-state index in [1.165, 1.54) is 6.33 Å². The smallest absolute Gasteiger partial charge is 0.308 e. The van der Waals surface area contributed by atoms with Gasteiger partial charge in [0, 0.05) is 18.3 Å². The Morgan fingerprint density at radius 3 is 2.65 bits per heavy atom. The van der Waals surface area contributed by atoms with Gasteiger partial charge in [-0.15, -0.1) is 0 Å². The molecule has 1 aromatic rings. The molecule has 5 nitrogen and oxygen atoms in total. The minimum atomic E-state index is -0.768. The molecule has 0 radical (unpaired) electrons. The van der Waals surface area contributed by atoms with Crippen LogP contribution in [0.25, 0.3) is 0 Å². The lowest BCUT2D eigenvalue weighted by Crippen LogP contribution is -2.27. The second-order valence-electron chi connectivity index (χ2n) is 6.33. The standard InChI is InChI=1S/C15H25N3O2/c1-5-6-12-7-13(18-10-17-12)16-9-11(14(19)20)8-15(2,3)4/h7,10-11H,5-6,8-9H2,1-4H3,(H,19,20)(H,16,17,18). The van der Waals surface area contributed by atoms with Crippen LogP contribution in [0.15, 0.2) is 12.4 Å². The van der Waals surface area contributed by atoms with Crippen LogP contribution < -0.4 is 5.32 Å². The quantitative estimate of drug-likeness (QED) is 0.802. The van der Waals surface area contributed by atoms with E-state index in [-0.39, 0.29) is 5.41 Å². The summed E-state index contributed by atoms with van der Waals surface area (Å²) in [5.41, 5.74) is 0.969. The highest BCUT2D eigenvalue weighted by molar-refractivity contribution is 5.70. The van der Waals surface area contributed by atoms with Gasteiger partial charge in [0.1, 0.15) is 12.1 Å². The summed E-state index contributed by atoms with van der Waals surface area (Å²) in [7, 11) is 0. The molecule has 1 atom stereocenters. The summed E-state index contributed by atoms with van der Waals surface area (Å²) in [6.07, 6.45) is 4.08. The number of carboxylic acids is 1. The highest BCUT2D eigenvalue weighted by atomic mass is 16.4. The Labute approximate surface area is 120 Å². The number of hydrogen-bond donors (Lipinski definition) is 2. The first-order valence-electron chi connectivity index (χ1n) is 7.09. The van der Waals surface area contributed by atoms with Gasteiger partial charge in [-0.25, -0.2) is 9.97 Å². The topological polar surface area (TPSA) is 75.1 Å². The second-order valence-corrected chi connectivity index (χ2v) is 6.33. The van der Waals surface area contributed by atoms with Crippen LogP contribution in [-0.4, -0.2) is 27.6 Å². The fourth-order valence-electron chi connectivity index (χ4n) is 2.10. The second kappa shape index (κ2) is 7.22. The van der Waals surface area contributed by atoms with E-state index in [9.17, 15) is 9.90 Å². The van der Waals surface area contributed by atoms with Gasteiger partial charge < -0.3 is 10.4 Å². The largest absolute Gasteiger partial charge is 0.481 e. The van der Waals surface area contributed by atoms with Crippen molar-refractivity contribution in [3.8, 4) is 0 Å². The van der Waals surface area contributed by atoms with Crippen LogP contribution in [0.2, 0.25) is 0 Å². The minimum absolute atomic E-state index is 0.0101. The molecule has 0 spiro atoms. The van der Waals surface area contributed by atoms with E-state index in [0.717, 1.165) is 18.5 Å². The number of carboxylic acid groups (broad SMARTS) is 1. The first kappa shape index (κ1) is 16.4. The van der Waals surface area contributed by atoms with Crippen molar-refractivity contribution in [3.05, 3.63) is 18.1 Å². The van der Waals surface area contributed by atoms with E-state index < -0.39 is 11.9 Å². The van der Waals surface area contributed by atoms with Crippen molar-refractivity contribution in [1.29, 1.82) is 0 Å². The van der Waals surface area contributed by atoms with Crippen LogP contribution >= 0.6 is 0 Å². The Hall–Kier alpha value is -1.65. The third-order valence-electron chi connectivity index (χ3n) is 2.97. The van der Waals surface area contributed by atoms with Gasteiger partial charge >= 0.3 is 5.97 Å². The van der Waals surface area contributed by atoms with Gasteiger partial charge in [-0.2, -0.15) is 0 Å². The molecule has 0 saturated heterocycles. The molecule has 2 N–H and O–H groups in total. The molecule has 112 valence electrons. The van der Waals surface area contributed by atoms with Crippen molar-refractivity contribution in [2.24, 2.45) is 11.3 Å². The molecule has 0 aromatic carbocycles. The Morgan fingerprint density at radius 1 is 1.40 bits per heavy atom. The Morgan fingerprint density at radius 2 is 2.10 bits per heavy atom. The number of aromatic nitrogens is 2. The fourth-order valence-corrected chi connectivity index (χ4v) is 2.10.